The van der Waals surface area contributed by atoms with Crippen molar-refractivity contribution in [1.82, 2.24) is 9.36 Å². The standard InChI is InChI=1S/C6H9N3S.ClH/c7-3-5-8-6(9-10-5)4-1-2-4;/h4H,1-3,7H2;1H. The Morgan fingerprint density at radius 2 is 2.27 bits per heavy atom. The van der Waals surface area contributed by atoms with E-state index in [1.165, 1.54) is 24.4 Å². The SMILES string of the molecule is Cl.NCc1nc(C2CC2)ns1. The largest absolute Gasteiger partial charge is 0.324 e. The topological polar surface area (TPSA) is 51.8 Å². The van der Waals surface area contributed by atoms with Crippen LogP contribution in [0.4, 0.5) is 0 Å². The highest BCUT2D eigenvalue weighted by atomic mass is 35.5. The maximum atomic E-state index is 5.39. The molecular formula is C6H10ClN3S. The van der Waals surface area contributed by atoms with Crippen LogP contribution >= 0.6 is 23.9 Å². The molecule has 0 radical (unpaired) electrons. The Kier molecular flexibility index (Phi) is 2.81. The third-order valence-electron chi connectivity index (χ3n) is 1.60. The van der Waals surface area contributed by atoms with E-state index < -0.39 is 0 Å². The molecule has 0 aromatic carbocycles. The van der Waals surface area contributed by atoms with Gasteiger partial charge in [-0.2, -0.15) is 4.37 Å². The normalized spacial score (nSPS) is 16.1. The van der Waals surface area contributed by atoms with Gasteiger partial charge in [0.15, 0.2) is 0 Å². The first-order chi connectivity index (χ1) is 4.90. The van der Waals surface area contributed by atoms with Gasteiger partial charge in [-0.05, 0) is 24.4 Å². The van der Waals surface area contributed by atoms with Crippen LogP contribution in [0.15, 0.2) is 0 Å². The molecule has 1 aromatic heterocycles. The Bertz CT molecular complexity index is 233. The highest BCUT2D eigenvalue weighted by molar-refractivity contribution is 7.05. The fourth-order valence-electron chi connectivity index (χ4n) is 0.858. The number of nitrogens with zero attached hydrogens (tertiary/aromatic N) is 2. The number of hydrogen-bond acceptors (Lipinski definition) is 4. The Balaban J connectivity index is 0.000000605. The monoisotopic (exact) mass is 191 g/mol. The molecular weight excluding hydrogens is 182 g/mol. The van der Waals surface area contributed by atoms with Gasteiger partial charge in [0.1, 0.15) is 10.8 Å². The van der Waals surface area contributed by atoms with Gasteiger partial charge in [0, 0.05) is 12.5 Å². The van der Waals surface area contributed by atoms with E-state index in [1.807, 2.05) is 0 Å². The molecule has 1 aromatic rings. The summed E-state index contributed by atoms with van der Waals surface area (Å²) in [4.78, 5) is 4.27. The second kappa shape index (κ2) is 3.47. The van der Waals surface area contributed by atoms with Crippen molar-refractivity contribution in [2.45, 2.75) is 25.3 Å². The third-order valence-corrected chi connectivity index (χ3v) is 2.35. The Morgan fingerprint density at radius 3 is 2.73 bits per heavy atom. The fourth-order valence-corrected chi connectivity index (χ4v) is 1.46. The minimum Gasteiger partial charge on any atom is -0.324 e. The first-order valence-corrected chi connectivity index (χ1v) is 4.20. The lowest BCUT2D eigenvalue weighted by Crippen LogP contribution is -1.95. The van der Waals surface area contributed by atoms with Crippen molar-refractivity contribution in [1.29, 1.82) is 0 Å². The summed E-state index contributed by atoms with van der Waals surface area (Å²) in [5.74, 6) is 1.68. The van der Waals surface area contributed by atoms with Crippen molar-refractivity contribution < 1.29 is 0 Å². The Labute approximate surface area is 75.6 Å². The van der Waals surface area contributed by atoms with Crippen LogP contribution in [-0.4, -0.2) is 9.36 Å². The maximum Gasteiger partial charge on any atom is 0.145 e. The second-order valence-corrected chi connectivity index (χ2v) is 3.36. The summed E-state index contributed by atoms with van der Waals surface area (Å²) < 4.78 is 4.20. The molecule has 11 heavy (non-hydrogen) atoms. The molecule has 0 amide bonds. The first kappa shape index (κ1) is 8.90. The van der Waals surface area contributed by atoms with Crippen molar-refractivity contribution in [3.8, 4) is 0 Å². The molecule has 0 saturated heterocycles. The van der Waals surface area contributed by atoms with E-state index in [0.717, 1.165) is 10.8 Å². The number of nitrogens with two attached hydrogens (primary N) is 1. The van der Waals surface area contributed by atoms with Gasteiger partial charge in [-0.15, -0.1) is 12.4 Å². The smallest absolute Gasteiger partial charge is 0.145 e. The molecule has 2 N–H and O–H groups in total. The molecule has 0 unspecified atom stereocenters. The summed E-state index contributed by atoms with van der Waals surface area (Å²) in [6.45, 7) is 0.532. The van der Waals surface area contributed by atoms with Crippen molar-refractivity contribution in [2.24, 2.45) is 5.73 Å². The van der Waals surface area contributed by atoms with Crippen molar-refractivity contribution in [3.05, 3.63) is 10.8 Å². The van der Waals surface area contributed by atoms with Crippen LogP contribution < -0.4 is 5.73 Å². The van der Waals surface area contributed by atoms with Crippen LogP contribution in [0.1, 0.15) is 29.6 Å². The Morgan fingerprint density at radius 1 is 1.55 bits per heavy atom. The van der Waals surface area contributed by atoms with E-state index in [2.05, 4.69) is 9.36 Å². The minimum atomic E-state index is 0. The third kappa shape index (κ3) is 1.89. The van der Waals surface area contributed by atoms with Gasteiger partial charge in [0.05, 0.1) is 0 Å². The average molecular weight is 192 g/mol. The average Bonchev–Trinajstić information content (AvgIpc) is 2.70. The summed E-state index contributed by atoms with van der Waals surface area (Å²) in [5.41, 5.74) is 5.39. The van der Waals surface area contributed by atoms with E-state index >= 15 is 0 Å². The summed E-state index contributed by atoms with van der Waals surface area (Å²) >= 11 is 1.43. The number of hydrogen-bond donors (Lipinski definition) is 1. The molecule has 1 aliphatic rings. The van der Waals surface area contributed by atoms with E-state index in [0.29, 0.717) is 12.5 Å². The zero-order valence-corrected chi connectivity index (χ0v) is 7.62. The minimum absolute atomic E-state index is 0. The first-order valence-electron chi connectivity index (χ1n) is 3.42. The molecule has 0 spiro atoms. The van der Waals surface area contributed by atoms with Gasteiger partial charge in [0.2, 0.25) is 0 Å². The number of halogens is 1. The van der Waals surface area contributed by atoms with Crippen LogP contribution in [0.25, 0.3) is 0 Å². The highest BCUT2D eigenvalue weighted by Crippen LogP contribution is 2.38. The molecule has 2 rings (SSSR count). The van der Waals surface area contributed by atoms with Gasteiger partial charge < -0.3 is 5.73 Å². The van der Waals surface area contributed by atoms with Crippen molar-refractivity contribution in [3.63, 3.8) is 0 Å². The highest BCUT2D eigenvalue weighted by Gasteiger charge is 2.27. The van der Waals surface area contributed by atoms with Crippen LogP contribution in [0.2, 0.25) is 0 Å². The molecule has 3 nitrogen and oxygen atoms in total. The van der Waals surface area contributed by atoms with Crippen LogP contribution in [0.5, 0.6) is 0 Å². The zero-order valence-electron chi connectivity index (χ0n) is 5.99. The molecule has 62 valence electrons. The molecule has 5 heteroatoms. The zero-order chi connectivity index (χ0) is 6.97. The second-order valence-electron chi connectivity index (χ2n) is 2.52. The van der Waals surface area contributed by atoms with E-state index in [9.17, 15) is 0 Å². The summed E-state index contributed by atoms with van der Waals surface area (Å²) in [5, 5.41) is 0.960. The quantitative estimate of drug-likeness (QED) is 0.767. The summed E-state index contributed by atoms with van der Waals surface area (Å²) in [6.07, 6.45) is 2.53. The predicted molar refractivity (Wildman–Crippen MR) is 47.0 cm³/mol. The molecule has 1 aliphatic carbocycles. The summed E-state index contributed by atoms with van der Waals surface area (Å²) in [7, 11) is 0. The van der Waals surface area contributed by atoms with Crippen molar-refractivity contribution >= 4 is 23.9 Å². The van der Waals surface area contributed by atoms with Crippen molar-refractivity contribution in [2.75, 3.05) is 0 Å². The molecule has 0 aliphatic heterocycles. The summed E-state index contributed by atoms with van der Waals surface area (Å²) in [6, 6.07) is 0. The molecule has 0 atom stereocenters. The van der Waals surface area contributed by atoms with E-state index in [4.69, 9.17) is 5.73 Å². The van der Waals surface area contributed by atoms with Crippen LogP contribution in [0, 0.1) is 0 Å². The van der Waals surface area contributed by atoms with Gasteiger partial charge in [0.25, 0.3) is 0 Å². The van der Waals surface area contributed by atoms with Gasteiger partial charge >= 0.3 is 0 Å². The maximum absolute atomic E-state index is 5.39. The van der Waals surface area contributed by atoms with E-state index in [-0.39, 0.29) is 12.4 Å². The Hall–Kier alpha value is -0.190. The molecule has 1 heterocycles. The van der Waals surface area contributed by atoms with E-state index in [1.54, 1.807) is 0 Å². The number of aromatic nitrogens is 2. The van der Waals surface area contributed by atoms with Crippen LogP contribution in [-0.2, 0) is 6.54 Å². The van der Waals surface area contributed by atoms with Gasteiger partial charge in [-0.25, -0.2) is 4.98 Å². The predicted octanol–water partition coefficient (Wildman–Crippen LogP) is 1.30. The van der Waals surface area contributed by atoms with Gasteiger partial charge in [-0.3, -0.25) is 0 Å². The molecule has 0 bridgehead atoms. The fraction of sp³-hybridized carbons (Fsp3) is 0.667. The lowest BCUT2D eigenvalue weighted by molar-refractivity contribution is 0.940. The molecule has 1 fully saturated rings. The van der Waals surface area contributed by atoms with Gasteiger partial charge in [-0.1, -0.05) is 0 Å². The lowest BCUT2D eigenvalue weighted by atomic mass is 10.4. The van der Waals surface area contributed by atoms with Crippen LogP contribution in [0.3, 0.4) is 0 Å². The number of rotatable bonds is 2. The molecule has 1 saturated carbocycles. The lowest BCUT2D eigenvalue weighted by Gasteiger charge is -1.82.